The van der Waals surface area contributed by atoms with Gasteiger partial charge >= 0.3 is 0 Å². The molecule has 0 aliphatic rings. The van der Waals surface area contributed by atoms with Gasteiger partial charge in [0.1, 0.15) is 5.82 Å². The molecule has 0 aliphatic carbocycles. The lowest BCUT2D eigenvalue weighted by Gasteiger charge is -2.03. The van der Waals surface area contributed by atoms with Crippen LogP contribution >= 0.6 is 0 Å². The van der Waals surface area contributed by atoms with Crippen LogP contribution in [0.5, 0.6) is 0 Å². The lowest BCUT2D eigenvalue weighted by atomic mass is 10.1. The molecule has 16 heavy (non-hydrogen) atoms. The Morgan fingerprint density at radius 3 is 2.69 bits per heavy atom. The van der Waals surface area contributed by atoms with Crippen molar-refractivity contribution in [2.24, 2.45) is 0 Å². The first-order valence-corrected chi connectivity index (χ1v) is 4.76. The van der Waals surface area contributed by atoms with Gasteiger partial charge in [-0.1, -0.05) is 12.1 Å². The molecule has 2 rings (SSSR count). The summed E-state index contributed by atoms with van der Waals surface area (Å²) in [4.78, 5) is 18.5. The monoisotopic (exact) mass is 216 g/mol. The Morgan fingerprint density at radius 1 is 1.25 bits per heavy atom. The van der Waals surface area contributed by atoms with Crippen molar-refractivity contribution in [2.45, 2.75) is 6.92 Å². The quantitative estimate of drug-likeness (QED) is 0.724. The third-order valence-corrected chi connectivity index (χ3v) is 2.13. The van der Waals surface area contributed by atoms with Gasteiger partial charge in [0.15, 0.2) is 12.1 Å². The molecule has 4 heteroatoms. The fourth-order valence-electron chi connectivity index (χ4n) is 1.45. The van der Waals surface area contributed by atoms with Gasteiger partial charge in [-0.3, -0.25) is 4.79 Å². The Labute approximate surface area is 92.0 Å². The normalized spacial score (nSPS) is 10.1. The van der Waals surface area contributed by atoms with Gasteiger partial charge in [-0.25, -0.2) is 14.4 Å². The van der Waals surface area contributed by atoms with Crippen molar-refractivity contribution in [3.8, 4) is 11.3 Å². The van der Waals surface area contributed by atoms with Crippen molar-refractivity contribution in [3.05, 3.63) is 47.7 Å². The molecule has 1 aromatic heterocycles. The molecule has 0 aliphatic heterocycles. The van der Waals surface area contributed by atoms with E-state index in [1.807, 2.05) is 0 Å². The van der Waals surface area contributed by atoms with Crippen molar-refractivity contribution >= 4 is 6.29 Å². The van der Waals surface area contributed by atoms with E-state index in [9.17, 15) is 9.18 Å². The summed E-state index contributed by atoms with van der Waals surface area (Å²) >= 11 is 0. The van der Waals surface area contributed by atoms with Gasteiger partial charge in [-0.15, -0.1) is 0 Å². The number of hydrogen-bond donors (Lipinski definition) is 0. The number of rotatable bonds is 2. The minimum atomic E-state index is -0.363. The average Bonchev–Trinajstić information content (AvgIpc) is 2.28. The molecular weight excluding hydrogens is 207 g/mol. The number of carbonyl (C=O) groups is 1. The van der Waals surface area contributed by atoms with E-state index in [0.717, 1.165) is 0 Å². The Balaban J connectivity index is 2.60. The summed E-state index contributed by atoms with van der Waals surface area (Å²) < 4.78 is 13.5. The average molecular weight is 216 g/mol. The Morgan fingerprint density at radius 2 is 2.00 bits per heavy atom. The first kappa shape index (κ1) is 10.4. The molecule has 3 nitrogen and oxygen atoms in total. The second-order valence-electron chi connectivity index (χ2n) is 3.35. The Hall–Kier alpha value is -2.10. The zero-order valence-electron chi connectivity index (χ0n) is 8.64. The fraction of sp³-hybridized carbons (Fsp3) is 0.0833. The van der Waals surface area contributed by atoms with Gasteiger partial charge < -0.3 is 0 Å². The third kappa shape index (κ3) is 1.95. The van der Waals surface area contributed by atoms with E-state index in [2.05, 4.69) is 9.97 Å². The highest BCUT2D eigenvalue weighted by Crippen LogP contribution is 2.20. The smallest absolute Gasteiger partial charge is 0.193 e. The van der Waals surface area contributed by atoms with Crippen LogP contribution in [0.15, 0.2) is 30.3 Å². The van der Waals surface area contributed by atoms with Crippen LogP contribution in [-0.4, -0.2) is 16.3 Å². The molecule has 2 aromatic rings. The van der Waals surface area contributed by atoms with Crippen LogP contribution in [0.25, 0.3) is 11.3 Å². The molecule has 0 amide bonds. The number of halogens is 1. The summed E-state index contributed by atoms with van der Waals surface area (Å²) in [5, 5.41) is 0. The Kier molecular flexibility index (Phi) is 2.72. The summed E-state index contributed by atoms with van der Waals surface area (Å²) in [6, 6.07) is 7.94. The van der Waals surface area contributed by atoms with Gasteiger partial charge in [0, 0.05) is 11.3 Å². The highest BCUT2D eigenvalue weighted by molar-refractivity contribution is 5.71. The van der Waals surface area contributed by atoms with E-state index in [0.29, 0.717) is 23.2 Å². The number of nitrogens with zero attached hydrogens (tertiary/aromatic N) is 2. The first-order chi connectivity index (χ1) is 7.70. The zero-order chi connectivity index (χ0) is 11.5. The molecule has 0 fully saturated rings. The molecule has 0 saturated carbocycles. The van der Waals surface area contributed by atoms with Gasteiger partial charge in [0.2, 0.25) is 0 Å². The topological polar surface area (TPSA) is 42.9 Å². The molecule has 1 heterocycles. The number of aldehydes is 1. The van der Waals surface area contributed by atoms with Gasteiger partial charge in [-0.2, -0.15) is 0 Å². The van der Waals surface area contributed by atoms with E-state index in [1.165, 1.54) is 6.07 Å². The van der Waals surface area contributed by atoms with Crippen molar-refractivity contribution in [1.82, 2.24) is 9.97 Å². The standard InChI is InChI=1S/C12H9FN2O/c1-8-6-11(15-12(7-16)14-8)9-4-2-3-5-10(9)13/h2-7H,1H3. The molecular formula is C12H9FN2O. The maximum absolute atomic E-state index is 13.5. The van der Waals surface area contributed by atoms with Crippen LogP contribution in [0.4, 0.5) is 4.39 Å². The molecule has 1 aromatic carbocycles. The van der Waals surface area contributed by atoms with Crippen molar-refractivity contribution in [3.63, 3.8) is 0 Å². The lowest BCUT2D eigenvalue weighted by molar-refractivity contribution is 0.111. The molecule has 0 atom stereocenters. The van der Waals surface area contributed by atoms with Gasteiger partial charge in [0.25, 0.3) is 0 Å². The second kappa shape index (κ2) is 4.18. The van der Waals surface area contributed by atoms with E-state index < -0.39 is 0 Å². The van der Waals surface area contributed by atoms with E-state index in [1.54, 1.807) is 31.2 Å². The minimum Gasteiger partial charge on any atom is -0.294 e. The van der Waals surface area contributed by atoms with Crippen LogP contribution in [0, 0.1) is 12.7 Å². The summed E-state index contributed by atoms with van der Waals surface area (Å²) in [7, 11) is 0. The molecule has 0 N–H and O–H groups in total. The summed E-state index contributed by atoms with van der Waals surface area (Å²) in [5.41, 5.74) is 1.43. The number of hydrogen-bond acceptors (Lipinski definition) is 3. The summed E-state index contributed by atoms with van der Waals surface area (Å²) in [6.45, 7) is 1.74. The van der Waals surface area contributed by atoms with Crippen LogP contribution < -0.4 is 0 Å². The van der Waals surface area contributed by atoms with Crippen LogP contribution in [-0.2, 0) is 0 Å². The predicted molar refractivity (Wildman–Crippen MR) is 57.6 cm³/mol. The SMILES string of the molecule is Cc1cc(-c2ccccc2F)nc(C=O)n1. The number of aromatic nitrogens is 2. The molecule has 0 radical (unpaired) electrons. The molecule has 0 unspecified atom stereocenters. The maximum Gasteiger partial charge on any atom is 0.193 e. The van der Waals surface area contributed by atoms with Crippen LogP contribution in [0.2, 0.25) is 0 Å². The number of aryl methyl sites for hydroxylation is 1. The van der Waals surface area contributed by atoms with E-state index >= 15 is 0 Å². The van der Waals surface area contributed by atoms with E-state index in [4.69, 9.17) is 0 Å². The molecule has 0 spiro atoms. The second-order valence-corrected chi connectivity index (χ2v) is 3.35. The zero-order valence-corrected chi connectivity index (χ0v) is 8.64. The lowest BCUT2D eigenvalue weighted by Crippen LogP contribution is -1.98. The highest BCUT2D eigenvalue weighted by atomic mass is 19.1. The molecule has 0 bridgehead atoms. The first-order valence-electron chi connectivity index (χ1n) is 4.76. The third-order valence-electron chi connectivity index (χ3n) is 2.13. The van der Waals surface area contributed by atoms with Crippen LogP contribution in [0.3, 0.4) is 0 Å². The molecule has 80 valence electrons. The minimum absolute atomic E-state index is 0.0678. The summed E-state index contributed by atoms with van der Waals surface area (Å²) in [5.74, 6) is -0.296. The largest absolute Gasteiger partial charge is 0.294 e. The predicted octanol–water partition coefficient (Wildman–Crippen LogP) is 2.40. The number of carbonyl (C=O) groups excluding carboxylic acids is 1. The van der Waals surface area contributed by atoms with Crippen molar-refractivity contribution in [2.75, 3.05) is 0 Å². The van der Waals surface area contributed by atoms with Crippen molar-refractivity contribution < 1.29 is 9.18 Å². The Bertz CT molecular complexity index is 540. The van der Waals surface area contributed by atoms with Gasteiger partial charge in [-0.05, 0) is 25.1 Å². The maximum atomic E-state index is 13.5. The highest BCUT2D eigenvalue weighted by Gasteiger charge is 2.07. The molecule has 0 saturated heterocycles. The fourth-order valence-corrected chi connectivity index (χ4v) is 1.45. The van der Waals surface area contributed by atoms with Crippen LogP contribution in [0.1, 0.15) is 16.3 Å². The van der Waals surface area contributed by atoms with Crippen molar-refractivity contribution in [1.29, 1.82) is 0 Å². The number of benzene rings is 1. The summed E-state index contributed by atoms with van der Waals surface area (Å²) in [6.07, 6.45) is 0.553. The van der Waals surface area contributed by atoms with Gasteiger partial charge in [0.05, 0.1) is 5.69 Å². The van der Waals surface area contributed by atoms with E-state index in [-0.39, 0.29) is 11.6 Å².